The molecule has 1 amide bonds. The molecule has 0 radical (unpaired) electrons. The molecule has 0 unspecified atom stereocenters. The molecule has 0 aliphatic carbocycles. The summed E-state index contributed by atoms with van der Waals surface area (Å²) in [6.07, 6.45) is -0.0181. The van der Waals surface area contributed by atoms with E-state index in [1.54, 1.807) is 0 Å². The largest absolute Gasteiger partial charge is 0.475 e. The molecule has 1 fully saturated rings. The van der Waals surface area contributed by atoms with Crippen LogP contribution in [-0.2, 0) is 20.8 Å². The summed E-state index contributed by atoms with van der Waals surface area (Å²) >= 11 is 6.55. The first kappa shape index (κ1) is 23.3. The number of hydrogen-bond donors (Lipinski definition) is 0. The summed E-state index contributed by atoms with van der Waals surface area (Å²) in [5.74, 6) is 0.641. The second-order valence-corrected chi connectivity index (χ2v) is 8.26. The Hall–Kier alpha value is -2.41. The van der Waals surface area contributed by atoms with Gasteiger partial charge in [0.1, 0.15) is 0 Å². The number of nitrogens with zero attached hydrogens (tertiary/aromatic N) is 3. The predicted molar refractivity (Wildman–Crippen MR) is 124 cm³/mol. The zero-order valence-corrected chi connectivity index (χ0v) is 19.1. The van der Waals surface area contributed by atoms with E-state index in [9.17, 15) is 4.79 Å². The predicted octanol–water partition coefficient (Wildman–Crippen LogP) is 4.13. The summed E-state index contributed by atoms with van der Waals surface area (Å²) in [5.41, 5.74) is 2.50. The first-order valence-corrected chi connectivity index (χ1v) is 10.9. The maximum atomic E-state index is 12.6. The zero-order valence-electron chi connectivity index (χ0n) is 18.4. The van der Waals surface area contributed by atoms with Crippen LogP contribution in [0.25, 0.3) is 0 Å². The number of likely N-dealkylation sites (N-methyl/N-ethyl adjacent to an activating group) is 1. The van der Waals surface area contributed by atoms with Crippen molar-refractivity contribution in [2.75, 3.05) is 39.9 Å². The lowest BCUT2D eigenvalue weighted by molar-refractivity contribution is -0.136. The van der Waals surface area contributed by atoms with Gasteiger partial charge in [-0.25, -0.2) is 4.99 Å². The fourth-order valence-corrected chi connectivity index (χ4v) is 3.58. The molecule has 2 aromatic carbocycles. The SMILES string of the molecule is CC(C)O/C(=N\c1cccc(Cl)c1CN(C)CC(=O)N1CCOCC1)c1ccccc1. The van der Waals surface area contributed by atoms with Gasteiger partial charge in [-0.2, -0.15) is 0 Å². The molecule has 6 nitrogen and oxygen atoms in total. The lowest BCUT2D eigenvalue weighted by Crippen LogP contribution is -2.44. The first-order chi connectivity index (χ1) is 14.9. The van der Waals surface area contributed by atoms with Crippen LogP contribution in [0.5, 0.6) is 0 Å². The number of morpholine rings is 1. The molecule has 0 N–H and O–H groups in total. The summed E-state index contributed by atoms with van der Waals surface area (Å²) in [7, 11) is 1.91. The highest BCUT2D eigenvalue weighted by molar-refractivity contribution is 6.31. The van der Waals surface area contributed by atoms with Crippen LogP contribution >= 0.6 is 11.6 Å². The van der Waals surface area contributed by atoms with Crippen LogP contribution in [0, 0.1) is 0 Å². The minimum absolute atomic E-state index is 0.0181. The number of carbonyl (C=O) groups excluding carboxylic acids is 1. The Labute approximate surface area is 189 Å². The van der Waals surface area contributed by atoms with Gasteiger partial charge in [-0.3, -0.25) is 9.69 Å². The van der Waals surface area contributed by atoms with Gasteiger partial charge in [0, 0.05) is 35.8 Å². The van der Waals surface area contributed by atoms with Gasteiger partial charge in [-0.05, 0) is 45.2 Å². The Kier molecular flexibility index (Phi) is 8.46. The van der Waals surface area contributed by atoms with E-state index in [4.69, 9.17) is 26.1 Å². The van der Waals surface area contributed by atoms with E-state index in [1.807, 2.05) is 79.2 Å². The van der Waals surface area contributed by atoms with Gasteiger partial charge >= 0.3 is 0 Å². The van der Waals surface area contributed by atoms with Crippen LogP contribution in [0.1, 0.15) is 25.0 Å². The van der Waals surface area contributed by atoms with Crippen molar-refractivity contribution in [1.82, 2.24) is 9.80 Å². The van der Waals surface area contributed by atoms with Crippen LogP contribution in [0.2, 0.25) is 5.02 Å². The molecule has 0 saturated carbocycles. The molecule has 1 aliphatic heterocycles. The standard InChI is InChI=1S/C24H30ClN3O3/c1-18(2)31-24(19-8-5-4-6-9-19)26-22-11-7-10-21(25)20(22)16-27(3)17-23(29)28-12-14-30-15-13-28/h4-11,18H,12-17H2,1-3H3/b26-24-. The van der Waals surface area contributed by atoms with Crippen LogP contribution in [-0.4, -0.2) is 67.6 Å². The quantitative estimate of drug-likeness (QED) is 0.477. The van der Waals surface area contributed by atoms with Crippen molar-refractivity contribution in [3.63, 3.8) is 0 Å². The van der Waals surface area contributed by atoms with E-state index >= 15 is 0 Å². The molecule has 3 rings (SSSR count). The average molecular weight is 444 g/mol. The van der Waals surface area contributed by atoms with E-state index in [-0.39, 0.29) is 12.0 Å². The van der Waals surface area contributed by atoms with Crippen molar-refractivity contribution in [2.24, 2.45) is 4.99 Å². The molecule has 1 heterocycles. The van der Waals surface area contributed by atoms with Crippen LogP contribution < -0.4 is 0 Å². The highest BCUT2D eigenvalue weighted by atomic mass is 35.5. The number of carbonyl (C=O) groups is 1. The Morgan fingerprint density at radius 1 is 1.16 bits per heavy atom. The first-order valence-electron chi connectivity index (χ1n) is 10.6. The summed E-state index contributed by atoms with van der Waals surface area (Å²) in [4.78, 5) is 21.2. The lowest BCUT2D eigenvalue weighted by Gasteiger charge is -2.29. The maximum Gasteiger partial charge on any atom is 0.236 e. The molecule has 0 atom stereocenters. The van der Waals surface area contributed by atoms with Crippen molar-refractivity contribution < 1.29 is 14.3 Å². The van der Waals surface area contributed by atoms with Crippen molar-refractivity contribution in [1.29, 1.82) is 0 Å². The third-order valence-corrected chi connectivity index (χ3v) is 5.24. The maximum absolute atomic E-state index is 12.6. The molecular formula is C24H30ClN3O3. The van der Waals surface area contributed by atoms with Gasteiger partial charge in [0.2, 0.25) is 11.8 Å². The summed E-state index contributed by atoms with van der Waals surface area (Å²) in [6.45, 7) is 7.22. The number of aliphatic imine (C=N–C) groups is 1. The number of amides is 1. The highest BCUT2D eigenvalue weighted by Crippen LogP contribution is 2.29. The zero-order chi connectivity index (χ0) is 22.2. The summed E-state index contributed by atoms with van der Waals surface area (Å²) < 4.78 is 11.3. The number of rotatable bonds is 7. The van der Waals surface area contributed by atoms with Crippen molar-refractivity contribution in [2.45, 2.75) is 26.5 Å². The minimum Gasteiger partial charge on any atom is -0.475 e. The van der Waals surface area contributed by atoms with Crippen molar-refractivity contribution in [3.05, 3.63) is 64.7 Å². The average Bonchev–Trinajstić information content (AvgIpc) is 2.76. The summed E-state index contributed by atoms with van der Waals surface area (Å²) in [5, 5.41) is 0.615. The van der Waals surface area contributed by atoms with Crippen LogP contribution in [0.3, 0.4) is 0 Å². The third kappa shape index (κ3) is 6.79. The molecular weight excluding hydrogens is 414 g/mol. The third-order valence-electron chi connectivity index (χ3n) is 4.88. The van der Waals surface area contributed by atoms with E-state index in [0.29, 0.717) is 50.3 Å². The molecule has 1 aliphatic rings. The Bertz CT molecular complexity index is 896. The van der Waals surface area contributed by atoms with Gasteiger partial charge in [-0.15, -0.1) is 0 Å². The fourth-order valence-electron chi connectivity index (χ4n) is 3.35. The number of halogens is 1. The van der Waals surface area contributed by atoms with Crippen LogP contribution in [0.4, 0.5) is 5.69 Å². The molecule has 166 valence electrons. The summed E-state index contributed by atoms with van der Waals surface area (Å²) in [6, 6.07) is 15.5. The molecule has 31 heavy (non-hydrogen) atoms. The Morgan fingerprint density at radius 2 is 1.87 bits per heavy atom. The normalized spacial score (nSPS) is 14.9. The monoisotopic (exact) mass is 443 g/mol. The smallest absolute Gasteiger partial charge is 0.236 e. The molecule has 1 saturated heterocycles. The molecule has 0 aromatic heterocycles. The number of benzene rings is 2. The molecule has 0 bridgehead atoms. The Morgan fingerprint density at radius 3 is 2.55 bits per heavy atom. The highest BCUT2D eigenvalue weighted by Gasteiger charge is 2.19. The lowest BCUT2D eigenvalue weighted by atomic mass is 10.1. The molecule has 2 aromatic rings. The van der Waals surface area contributed by atoms with E-state index < -0.39 is 0 Å². The van der Waals surface area contributed by atoms with Crippen molar-refractivity contribution in [3.8, 4) is 0 Å². The Balaban J connectivity index is 1.81. The van der Waals surface area contributed by atoms with Gasteiger partial charge < -0.3 is 14.4 Å². The number of ether oxygens (including phenoxy) is 2. The second kappa shape index (κ2) is 11.3. The fraction of sp³-hybridized carbons (Fsp3) is 0.417. The van der Waals surface area contributed by atoms with Gasteiger partial charge in [0.15, 0.2) is 0 Å². The minimum atomic E-state index is -0.0181. The van der Waals surface area contributed by atoms with Crippen LogP contribution in [0.15, 0.2) is 53.5 Å². The van der Waals surface area contributed by atoms with Crippen molar-refractivity contribution >= 4 is 29.1 Å². The van der Waals surface area contributed by atoms with Gasteiger partial charge in [-0.1, -0.05) is 35.9 Å². The second-order valence-electron chi connectivity index (χ2n) is 7.85. The topological polar surface area (TPSA) is 54.4 Å². The number of hydrogen-bond acceptors (Lipinski definition) is 5. The molecule has 0 spiro atoms. The molecule has 7 heteroatoms. The van der Waals surface area contributed by atoms with E-state index in [2.05, 4.69) is 0 Å². The van der Waals surface area contributed by atoms with E-state index in [1.165, 1.54) is 0 Å². The van der Waals surface area contributed by atoms with Gasteiger partial charge in [0.25, 0.3) is 0 Å². The van der Waals surface area contributed by atoms with E-state index in [0.717, 1.165) is 16.8 Å². The van der Waals surface area contributed by atoms with Gasteiger partial charge in [0.05, 0.1) is 31.5 Å².